The fourth-order valence-electron chi connectivity index (χ4n) is 2.91. The fourth-order valence-corrected chi connectivity index (χ4v) is 3.83. The summed E-state index contributed by atoms with van der Waals surface area (Å²) in [5.74, 6) is 1.56. The number of carbonyl (C=O) groups is 1. The highest BCUT2D eigenvalue weighted by Gasteiger charge is 2.17. The Morgan fingerprint density at radius 1 is 1.13 bits per heavy atom. The van der Waals surface area contributed by atoms with E-state index in [4.69, 9.17) is 16.0 Å². The van der Waals surface area contributed by atoms with E-state index in [1.54, 1.807) is 30.5 Å². The number of hydrogen-bond donors (Lipinski definition) is 1. The molecule has 2 aromatic heterocycles. The predicted molar refractivity (Wildman–Crippen MR) is 119 cm³/mol. The molecule has 0 aliphatic rings. The Labute approximate surface area is 183 Å². The summed E-state index contributed by atoms with van der Waals surface area (Å²) in [7, 11) is 0. The van der Waals surface area contributed by atoms with E-state index in [0.717, 1.165) is 17.1 Å². The van der Waals surface area contributed by atoms with Gasteiger partial charge in [0, 0.05) is 16.3 Å². The minimum atomic E-state index is -0.147. The maximum Gasteiger partial charge on any atom is 0.234 e. The molecule has 6 nitrogen and oxygen atoms in total. The van der Waals surface area contributed by atoms with Crippen LogP contribution in [0.2, 0.25) is 5.02 Å². The van der Waals surface area contributed by atoms with E-state index in [1.807, 2.05) is 47.9 Å². The molecule has 152 valence electrons. The number of nitrogens with zero attached hydrogens (tertiary/aromatic N) is 3. The number of hydrogen-bond acceptors (Lipinski definition) is 5. The maximum absolute atomic E-state index is 12.4. The molecule has 4 rings (SSSR count). The van der Waals surface area contributed by atoms with Crippen molar-refractivity contribution in [3.05, 3.63) is 83.3 Å². The Kier molecular flexibility index (Phi) is 6.21. The first kappa shape index (κ1) is 20.3. The van der Waals surface area contributed by atoms with Crippen LogP contribution in [0.3, 0.4) is 0 Å². The standard InChI is InChI=1S/C22H19ClN4O2S/c1-15-7-9-16(10-8-15)21-25-26-22(27(21)13-19-6-3-11-29-19)30-14-20(28)24-18-5-2-4-17(23)12-18/h2-12H,13-14H2,1H3,(H,24,28). The van der Waals surface area contributed by atoms with Crippen LogP contribution in [0.15, 0.2) is 76.5 Å². The summed E-state index contributed by atoms with van der Waals surface area (Å²) in [6.45, 7) is 2.51. The first-order chi connectivity index (χ1) is 14.6. The summed E-state index contributed by atoms with van der Waals surface area (Å²) in [5.41, 5.74) is 2.78. The van der Waals surface area contributed by atoms with Crippen molar-refractivity contribution >= 4 is 35.0 Å². The second-order valence-electron chi connectivity index (χ2n) is 6.68. The highest BCUT2D eigenvalue weighted by atomic mass is 35.5. The molecule has 0 spiro atoms. The van der Waals surface area contributed by atoms with Crippen molar-refractivity contribution in [1.82, 2.24) is 14.8 Å². The second-order valence-corrected chi connectivity index (χ2v) is 8.06. The van der Waals surface area contributed by atoms with Crippen LogP contribution < -0.4 is 5.32 Å². The van der Waals surface area contributed by atoms with Crippen molar-refractivity contribution in [1.29, 1.82) is 0 Å². The van der Waals surface area contributed by atoms with Crippen LogP contribution >= 0.6 is 23.4 Å². The molecule has 4 aromatic rings. The Morgan fingerprint density at radius 2 is 1.97 bits per heavy atom. The molecule has 0 aliphatic carbocycles. The average molecular weight is 439 g/mol. The molecule has 30 heavy (non-hydrogen) atoms. The molecule has 0 saturated heterocycles. The summed E-state index contributed by atoms with van der Waals surface area (Å²) in [4.78, 5) is 12.4. The third-order valence-corrected chi connectivity index (χ3v) is 5.56. The number of anilines is 1. The zero-order chi connectivity index (χ0) is 20.9. The first-order valence-electron chi connectivity index (χ1n) is 9.29. The summed E-state index contributed by atoms with van der Waals surface area (Å²) >= 11 is 7.30. The highest BCUT2D eigenvalue weighted by molar-refractivity contribution is 7.99. The van der Waals surface area contributed by atoms with Crippen LogP contribution in [-0.4, -0.2) is 26.4 Å². The van der Waals surface area contributed by atoms with Gasteiger partial charge in [0.05, 0.1) is 18.6 Å². The van der Waals surface area contributed by atoms with Crippen molar-refractivity contribution in [3.8, 4) is 11.4 Å². The van der Waals surface area contributed by atoms with Gasteiger partial charge >= 0.3 is 0 Å². The van der Waals surface area contributed by atoms with E-state index in [1.165, 1.54) is 17.3 Å². The van der Waals surface area contributed by atoms with E-state index in [0.29, 0.717) is 22.4 Å². The molecule has 0 radical (unpaired) electrons. The Morgan fingerprint density at radius 3 is 2.70 bits per heavy atom. The molecule has 0 atom stereocenters. The molecule has 8 heteroatoms. The quantitative estimate of drug-likeness (QED) is 0.397. The topological polar surface area (TPSA) is 73.0 Å². The molecule has 0 unspecified atom stereocenters. The van der Waals surface area contributed by atoms with Gasteiger partial charge < -0.3 is 9.73 Å². The number of carbonyl (C=O) groups excluding carboxylic acids is 1. The number of amides is 1. The maximum atomic E-state index is 12.4. The number of thioether (sulfide) groups is 1. The molecule has 2 aromatic carbocycles. The van der Waals surface area contributed by atoms with Gasteiger partial charge in [-0.3, -0.25) is 9.36 Å². The number of furan rings is 1. The summed E-state index contributed by atoms with van der Waals surface area (Å²) in [6, 6.07) is 18.9. The van der Waals surface area contributed by atoms with Gasteiger partial charge in [0.2, 0.25) is 5.91 Å². The van der Waals surface area contributed by atoms with Crippen LogP contribution in [0.4, 0.5) is 5.69 Å². The van der Waals surface area contributed by atoms with Crippen LogP contribution in [-0.2, 0) is 11.3 Å². The van der Waals surface area contributed by atoms with Crippen molar-refractivity contribution in [2.45, 2.75) is 18.6 Å². The van der Waals surface area contributed by atoms with Gasteiger partial charge in [-0.25, -0.2) is 0 Å². The van der Waals surface area contributed by atoms with Crippen LogP contribution in [0.1, 0.15) is 11.3 Å². The normalized spacial score (nSPS) is 10.9. The van der Waals surface area contributed by atoms with Crippen LogP contribution in [0.25, 0.3) is 11.4 Å². The monoisotopic (exact) mass is 438 g/mol. The van der Waals surface area contributed by atoms with Gasteiger partial charge in [-0.1, -0.05) is 59.3 Å². The van der Waals surface area contributed by atoms with E-state index < -0.39 is 0 Å². The number of rotatable bonds is 7. The van der Waals surface area contributed by atoms with Gasteiger partial charge in [0.1, 0.15) is 5.76 Å². The molecule has 0 saturated carbocycles. The molecular formula is C22H19ClN4O2S. The van der Waals surface area contributed by atoms with E-state index in [-0.39, 0.29) is 11.7 Å². The molecule has 1 amide bonds. The summed E-state index contributed by atoms with van der Waals surface area (Å²) < 4.78 is 7.47. The number of aryl methyl sites for hydroxylation is 1. The number of halogens is 1. The minimum absolute atomic E-state index is 0.147. The molecule has 1 N–H and O–H groups in total. The summed E-state index contributed by atoms with van der Waals surface area (Å²) in [6.07, 6.45) is 1.64. The lowest BCUT2D eigenvalue weighted by molar-refractivity contribution is -0.113. The lowest BCUT2D eigenvalue weighted by atomic mass is 10.1. The third-order valence-electron chi connectivity index (χ3n) is 4.36. The van der Waals surface area contributed by atoms with Gasteiger partial charge in [-0.05, 0) is 37.3 Å². The second kappa shape index (κ2) is 9.19. The van der Waals surface area contributed by atoms with E-state index in [9.17, 15) is 4.79 Å². The van der Waals surface area contributed by atoms with Crippen molar-refractivity contribution in [3.63, 3.8) is 0 Å². The minimum Gasteiger partial charge on any atom is -0.467 e. The Hall–Kier alpha value is -3.03. The Bertz CT molecular complexity index is 1140. The van der Waals surface area contributed by atoms with Gasteiger partial charge in [-0.2, -0.15) is 0 Å². The van der Waals surface area contributed by atoms with Crippen molar-refractivity contribution < 1.29 is 9.21 Å². The van der Waals surface area contributed by atoms with Crippen LogP contribution in [0.5, 0.6) is 0 Å². The summed E-state index contributed by atoms with van der Waals surface area (Å²) in [5, 5.41) is 12.7. The molecule has 0 bridgehead atoms. The van der Waals surface area contributed by atoms with Crippen molar-refractivity contribution in [2.24, 2.45) is 0 Å². The zero-order valence-corrected chi connectivity index (χ0v) is 17.8. The van der Waals surface area contributed by atoms with Crippen LogP contribution in [0, 0.1) is 6.92 Å². The third kappa shape index (κ3) is 4.93. The average Bonchev–Trinajstić information content (AvgIpc) is 3.38. The lowest BCUT2D eigenvalue weighted by Crippen LogP contribution is -2.14. The number of benzene rings is 2. The van der Waals surface area contributed by atoms with Gasteiger partial charge in [-0.15, -0.1) is 10.2 Å². The first-order valence-corrected chi connectivity index (χ1v) is 10.7. The highest BCUT2D eigenvalue weighted by Crippen LogP contribution is 2.26. The molecule has 0 aliphatic heterocycles. The van der Waals surface area contributed by atoms with Gasteiger partial charge in [0.15, 0.2) is 11.0 Å². The predicted octanol–water partition coefficient (Wildman–Crippen LogP) is 5.28. The van der Waals surface area contributed by atoms with Gasteiger partial charge in [0.25, 0.3) is 0 Å². The number of nitrogens with one attached hydrogen (secondary N) is 1. The fraction of sp³-hybridized carbons (Fsp3) is 0.136. The van der Waals surface area contributed by atoms with E-state index in [2.05, 4.69) is 15.5 Å². The van der Waals surface area contributed by atoms with E-state index >= 15 is 0 Å². The zero-order valence-electron chi connectivity index (χ0n) is 16.2. The SMILES string of the molecule is Cc1ccc(-c2nnc(SCC(=O)Nc3cccc(Cl)c3)n2Cc2ccco2)cc1. The lowest BCUT2D eigenvalue weighted by Gasteiger charge is -2.09. The van der Waals surface area contributed by atoms with Crippen molar-refractivity contribution in [2.75, 3.05) is 11.1 Å². The molecule has 2 heterocycles. The Balaban J connectivity index is 1.53. The smallest absolute Gasteiger partial charge is 0.234 e. The molecular weight excluding hydrogens is 420 g/mol. The largest absolute Gasteiger partial charge is 0.467 e. The number of aromatic nitrogens is 3. The molecule has 0 fully saturated rings.